The zero-order valence-corrected chi connectivity index (χ0v) is 10.3. The van der Waals surface area contributed by atoms with Gasteiger partial charge < -0.3 is 4.90 Å². The molecular weight excluding hydrogens is 239 g/mol. The Labute approximate surface area is 106 Å². The Morgan fingerprint density at radius 2 is 2.06 bits per heavy atom. The maximum Gasteiger partial charge on any atom is 0.159 e. The first-order valence-electron chi connectivity index (χ1n) is 6.44. The van der Waals surface area contributed by atoms with Crippen LogP contribution in [0, 0.1) is 11.6 Å². The minimum Gasteiger partial charge on any atom is -0.303 e. The summed E-state index contributed by atoms with van der Waals surface area (Å²) in [6.45, 7) is 2.23. The third-order valence-corrected chi connectivity index (χ3v) is 3.53. The molecule has 0 radical (unpaired) electrons. The molecule has 1 fully saturated rings. The average molecular weight is 257 g/mol. The number of rotatable bonds is 4. The molecule has 2 rings (SSSR count). The second-order valence-corrected chi connectivity index (χ2v) is 4.86. The molecule has 1 aliphatic rings. The second kappa shape index (κ2) is 6.23. The van der Waals surface area contributed by atoms with E-state index in [4.69, 9.17) is 0 Å². The van der Waals surface area contributed by atoms with Crippen molar-refractivity contribution in [3.05, 3.63) is 35.4 Å². The van der Waals surface area contributed by atoms with Crippen LogP contribution in [-0.4, -0.2) is 31.2 Å². The van der Waals surface area contributed by atoms with Crippen LogP contribution in [0.2, 0.25) is 0 Å². The van der Waals surface area contributed by atoms with Crippen molar-refractivity contribution in [3.63, 3.8) is 0 Å². The minimum absolute atomic E-state index is 0.230. The summed E-state index contributed by atoms with van der Waals surface area (Å²) in [6.07, 6.45) is 2.55. The molecule has 1 unspecified atom stereocenters. The summed E-state index contributed by atoms with van der Waals surface area (Å²) in [5, 5.41) is 0. The summed E-state index contributed by atoms with van der Waals surface area (Å²) in [5.41, 5.74) is 0.846. The molecule has 0 N–H and O–H groups in total. The van der Waals surface area contributed by atoms with Crippen LogP contribution in [0.15, 0.2) is 18.2 Å². The van der Waals surface area contributed by atoms with Crippen LogP contribution < -0.4 is 0 Å². The highest BCUT2D eigenvalue weighted by Gasteiger charge is 2.21. The van der Waals surface area contributed by atoms with E-state index in [-0.39, 0.29) is 12.6 Å². The van der Waals surface area contributed by atoms with Gasteiger partial charge in [-0.15, -0.1) is 0 Å². The molecule has 0 amide bonds. The van der Waals surface area contributed by atoms with Gasteiger partial charge in [0.1, 0.15) is 0 Å². The van der Waals surface area contributed by atoms with Gasteiger partial charge in [0.05, 0.1) is 6.67 Å². The highest BCUT2D eigenvalue weighted by atomic mass is 19.2. The van der Waals surface area contributed by atoms with E-state index in [0.717, 1.165) is 38.0 Å². The minimum atomic E-state index is -0.802. The van der Waals surface area contributed by atoms with Crippen molar-refractivity contribution in [1.29, 1.82) is 0 Å². The Bertz CT molecular complexity index is 395. The normalized spacial score (nSPS) is 21.2. The Morgan fingerprint density at radius 1 is 1.22 bits per heavy atom. The fourth-order valence-electron chi connectivity index (χ4n) is 2.58. The molecule has 1 heterocycles. The van der Waals surface area contributed by atoms with Crippen molar-refractivity contribution in [1.82, 2.24) is 4.90 Å². The van der Waals surface area contributed by atoms with Gasteiger partial charge in [0.15, 0.2) is 11.6 Å². The summed E-state index contributed by atoms with van der Waals surface area (Å²) in [6, 6.07) is 4.13. The van der Waals surface area contributed by atoms with Crippen LogP contribution in [0.5, 0.6) is 0 Å². The fraction of sp³-hybridized carbons (Fsp3) is 0.571. The van der Waals surface area contributed by atoms with Gasteiger partial charge in [0.25, 0.3) is 0 Å². The van der Waals surface area contributed by atoms with Gasteiger partial charge in [0.2, 0.25) is 0 Å². The molecule has 1 saturated heterocycles. The van der Waals surface area contributed by atoms with E-state index in [0.29, 0.717) is 6.42 Å². The van der Waals surface area contributed by atoms with Crippen LogP contribution in [0.4, 0.5) is 13.2 Å². The van der Waals surface area contributed by atoms with Crippen molar-refractivity contribution in [2.75, 3.05) is 26.3 Å². The highest BCUT2D eigenvalue weighted by molar-refractivity contribution is 5.22. The Hall–Kier alpha value is -1.03. The molecule has 1 aromatic carbocycles. The van der Waals surface area contributed by atoms with Crippen LogP contribution in [0.1, 0.15) is 30.7 Å². The Balaban J connectivity index is 2.01. The summed E-state index contributed by atoms with van der Waals surface area (Å²) < 4.78 is 38.2. The number of benzene rings is 1. The van der Waals surface area contributed by atoms with E-state index in [1.165, 1.54) is 12.1 Å². The molecule has 18 heavy (non-hydrogen) atoms. The van der Waals surface area contributed by atoms with Crippen molar-refractivity contribution in [2.24, 2.45) is 0 Å². The van der Waals surface area contributed by atoms with Gasteiger partial charge in [0, 0.05) is 13.1 Å². The average Bonchev–Trinajstić information content (AvgIpc) is 2.40. The highest BCUT2D eigenvalue weighted by Crippen LogP contribution is 2.27. The zero-order valence-electron chi connectivity index (χ0n) is 10.3. The van der Waals surface area contributed by atoms with E-state index >= 15 is 0 Å². The lowest BCUT2D eigenvalue weighted by Crippen LogP contribution is -2.35. The lowest BCUT2D eigenvalue weighted by atomic mass is 9.90. The smallest absolute Gasteiger partial charge is 0.159 e. The van der Waals surface area contributed by atoms with E-state index < -0.39 is 11.6 Å². The molecule has 4 heteroatoms. The predicted octanol–water partition coefficient (Wildman–Crippen LogP) is 3.50. The number of nitrogens with zero attached hydrogens (tertiary/aromatic N) is 1. The number of hydrogen-bond acceptors (Lipinski definition) is 1. The molecule has 1 nitrogen and oxygen atoms in total. The third-order valence-electron chi connectivity index (χ3n) is 3.53. The lowest BCUT2D eigenvalue weighted by Gasteiger charge is -2.32. The van der Waals surface area contributed by atoms with Crippen molar-refractivity contribution < 1.29 is 13.2 Å². The molecule has 1 aliphatic heterocycles. The Kier molecular flexibility index (Phi) is 4.64. The van der Waals surface area contributed by atoms with Gasteiger partial charge in [-0.05, 0) is 49.4 Å². The van der Waals surface area contributed by atoms with E-state index in [2.05, 4.69) is 4.90 Å². The van der Waals surface area contributed by atoms with Crippen LogP contribution in [-0.2, 0) is 0 Å². The lowest BCUT2D eigenvalue weighted by molar-refractivity contribution is 0.199. The summed E-state index contributed by atoms with van der Waals surface area (Å²) in [5.74, 6) is -1.36. The molecule has 1 aromatic rings. The predicted molar refractivity (Wildman–Crippen MR) is 65.4 cm³/mol. The molecule has 0 aromatic heterocycles. The molecule has 0 aliphatic carbocycles. The third kappa shape index (κ3) is 3.25. The van der Waals surface area contributed by atoms with Crippen molar-refractivity contribution in [2.45, 2.75) is 25.2 Å². The largest absolute Gasteiger partial charge is 0.303 e. The first-order valence-corrected chi connectivity index (χ1v) is 6.44. The molecule has 0 saturated carbocycles. The molecule has 1 atom stereocenters. The van der Waals surface area contributed by atoms with Gasteiger partial charge in [-0.3, -0.25) is 4.39 Å². The first kappa shape index (κ1) is 13.4. The standard InChI is InChI=1S/C14H18F3N/c15-6-2-8-18-7-1-3-12(10-18)11-4-5-13(16)14(17)9-11/h4-5,9,12H,1-3,6-8,10H2. The van der Waals surface area contributed by atoms with Gasteiger partial charge in [-0.1, -0.05) is 6.07 Å². The summed E-state index contributed by atoms with van der Waals surface area (Å²) in [4.78, 5) is 2.20. The number of hydrogen-bond donors (Lipinski definition) is 0. The number of halogens is 3. The van der Waals surface area contributed by atoms with Gasteiger partial charge in [-0.25, -0.2) is 8.78 Å². The fourth-order valence-corrected chi connectivity index (χ4v) is 2.58. The first-order chi connectivity index (χ1) is 8.70. The maximum absolute atomic E-state index is 13.2. The zero-order chi connectivity index (χ0) is 13.0. The number of piperidine rings is 1. The second-order valence-electron chi connectivity index (χ2n) is 4.86. The van der Waals surface area contributed by atoms with Crippen LogP contribution in [0.3, 0.4) is 0 Å². The van der Waals surface area contributed by atoms with E-state index in [1.807, 2.05) is 0 Å². The molecule has 100 valence electrons. The van der Waals surface area contributed by atoms with Gasteiger partial charge >= 0.3 is 0 Å². The van der Waals surface area contributed by atoms with Crippen LogP contribution >= 0.6 is 0 Å². The number of alkyl halides is 1. The Morgan fingerprint density at radius 3 is 2.78 bits per heavy atom. The van der Waals surface area contributed by atoms with Crippen molar-refractivity contribution >= 4 is 0 Å². The quantitative estimate of drug-likeness (QED) is 0.798. The van der Waals surface area contributed by atoms with E-state index in [1.54, 1.807) is 6.07 Å². The molecule has 0 bridgehead atoms. The molecule has 0 spiro atoms. The van der Waals surface area contributed by atoms with Crippen LogP contribution in [0.25, 0.3) is 0 Å². The van der Waals surface area contributed by atoms with Gasteiger partial charge in [-0.2, -0.15) is 0 Å². The topological polar surface area (TPSA) is 3.24 Å². The number of likely N-dealkylation sites (tertiary alicyclic amines) is 1. The maximum atomic E-state index is 13.2. The van der Waals surface area contributed by atoms with Crippen molar-refractivity contribution in [3.8, 4) is 0 Å². The SMILES string of the molecule is FCCCN1CCCC(c2ccc(F)c(F)c2)C1. The monoisotopic (exact) mass is 257 g/mol. The summed E-state index contributed by atoms with van der Waals surface area (Å²) >= 11 is 0. The van der Waals surface area contributed by atoms with E-state index in [9.17, 15) is 13.2 Å². The summed E-state index contributed by atoms with van der Waals surface area (Å²) in [7, 11) is 0. The molecular formula is C14H18F3N.